The minimum Gasteiger partial charge on any atom is -0.337 e. The van der Waals surface area contributed by atoms with Crippen LogP contribution in [0.3, 0.4) is 0 Å². The van der Waals surface area contributed by atoms with E-state index in [-0.39, 0.29) is 11.7 Å². The third-order valence-electron chi connectivity index (χ3n) is 5.59. The Balaban J connectivity index is 1.81. The minimum atomic E-state index is 0.0167. The lowest BCUT2D eigenvalue weighted by molar-refractivity contribution is 0.0728. The Morgan fingerprint density at radius 3 is 2.50 bits per heavy atom. The Morgan fingerprint density at radius 2 is 1.83 bits per heavy atom. The zero-order valence-electron chi connectivity index (χ0n) is 15.2. The highest BCUT2D eigenvalue weighted by atomic mass is 16.2. The first-order valence-electron chi connectivity index (χ1n) is 9.06. The van der Waals surface area contributed by atoms with Crippen LogP contribution in [0.25, 0.3) is 0 Å². The quantitative estimate of drug-likeness (QED) is 0.800. The average Bonchev–Trinajstić information content (AvgIpc) is 2.81. The van der Waals surface area contributed by atoms with Gasteiger partial charge in [0.1, 0.15) is 0 Å². The lowest BCUT2D eigenvalue weighted by Crippen LogP contribution is -2.44. The number of amides is 1. The smallest absolute Gasteiger partial charge is 0.253 e. The first-order valence-corrected chi connectivity index (χ1v) is 9.06. The lowest BCUT2D eigenvalue weighted by Gasteiger charge is -2.32. The van der Waals surface area contributed by atoms with Crippen molar-refractivity contribution in [2.45, 2.75) is 65.1 Å². The predicted molar refractivity (Wildman–Crippen MR) is 95.5 cm³/mol. The van der Waals surface area contributed by atoms with Crippen LogP contribution >= 0.6 is 0 Å². The van der Waals surface area contributed by atoms with Gasteiger partial charge < -0.3 is 4.90 Å². The topological polar surface area (TPSA) is 40.6 Å². The number of benzene rings is 1. The maximum Gasteiger partial charge on any atom is 0.253 e. The van der Waals surface area contributed by atoms with Gasteiger partial charge in [0.15, 0.2) is 5.78 Å². The molecule has 1 aromatic rings. The van der Waals surface area contributed by atoms with Gasteiger partial charge in [0, 0.05) is 42.3 Å². The molecule has 2 unspecified atom stereocenters. The SMILES string of the molecule is CC(=O)c1cc(C(=O)N2CCC3CCC(C2)N3C(C)C)ccc1C. The number of ketones is 1. The number of fused-ring (bicyclic) bond motifs is 2. The van der Waals surface area contributed by atoms with Gasteiger partial charge in [0.05, 0.1) is 0 Å². The van der Waals surface area contributed by atoms with Crippen LogP contribution in [0.4, 0.5) is 0 Å². The van der Waals surface area contributed by atoms with Crippen molar-refractivity contribution >= 4 is 11.7 Å². The summed E-state index contributed by atoms with van der Waals surface area (Å²) in [7, 11) is 0. The molecule has 2 bridgehead atoms. The van der Waals surface area contributed by atoms with Crippen LogP contribution in [-0.2, 0) is 0 Å². The van der Waals surface area contributed by atoms with Gasteiger partial charge in [-0.3, -0.25) is 14.5 Å². The summed E-state index contributed by atoms with van der Waals surface area (Å²) in [6.07, 6.45) is 3.48. The molecule has 24 heavy (non-hydrogen) atoms. The molecule has 2 heterocycles. The molecule has 2 atom stereocenters. The molecule has 1 amide bonds. The Morgan fingerprint density at radius 1 is 1.12 bits per heavy atom. The lowest BCUT2D eigenvalue weighted by atomic mass is 10.0. The monoisotopic (exact) mass is 328 g/mol. The zero-order chi connectivity index (χ0) is 17.4. The van der Waals surface area contributed by atoms with Crippen LogP contribution in [0.2, 0.25) is 0 Å². The fraction of sp³-hybridized carbons (Fsp3) is 0.600. The molecule has 2 fully saturated rings. The van der Waals surface area contributed by atoms with E-state index in [0.717, 1.165) is 25.1 Å². The van der Waals surface area contributed by atoms with Gasteiger partial charge in [-0.1, -0.05) is 6.07 Å². The second-order valence-electron chi connectivity index (χ2n) is 7.55. The normalized spacial score (nSPS) is 24.3. The summed E-state index contributed by atoms with van der Waals surface area (Å²) < 4.78 is 0. The van der Waals surface area contributed by atoms with E-state index in [1.807, 2.05) is 24.0 Å². The maximum absolute atomic E-state index is 13.0. The molecule has 2 aliphatic heterocycles. The predicted octanol–water partition coefficient (Wildman–Crippen LogP) is 3.28. The molecule has 0 aliphatic carbocycles. The average molecular weight is 328 g/mol. The van der Waals surface area contributed by atoms with Crippen molar-refractivity contribution in [2.75, 3.05) is 13.1 Å². The van der Waals surface area contributed by atoms with Crippen LogP contribution < -0.4 is 0 Å². The molecule has 2 aliphatic rings. The van der Waals surface area contributed by atoms with Crippen LogP contribution in [0.1, 0.15) is 66.3 Å². The highest BCUT2D eigenvalue weighted by molar-refractivity contribution is 6.00. The van der Waals surface area contributed by atoms with Gasteiger partial charge >= 0.3 is 0 Å². The molecule has 0 N–H and O–H groups in total. The molecular formula is C20H28N2O2. The van der Waals surface area contributed by atoms with Crippen LogP contribution in [0.5, 0.6) is 0 Å². The Bertz CT molecular complexity index is 653. The largest absolute Gasteiger partial charge is 0.337 e. The van der Waals surface area contributed by atoms with Crippen molar-refractivity contribution in [3.05, 3.63) is 34.9 Å². The van der Waals surface area contributed by atoms with E-state index < -0.39 is 0 Å². The van der Waals surface area contributed by atoms with Gasteiger partial charge in [0.25, 0.3) is 5.91 Å². The number of aryl methyl sites for hydroxylation is 1. The van der Waals surface area contributed by atoms with Crippen molar-refractivity contribution in [1.82, 2.24) is 9.80 Å². The number of carbonyl (C=O) groups is 2. The van der Waals surface area contributed by atoms with Crippen LogP contribution in [0, 0.1) is 6.92 Å². The number of rotatable bonds is 3. The van der Waals surface area contributed by atoms with Crippen molar-refractivity contribution in [1.29, 1.82) is 0 Å². The Hall–Kier alpha value is -1.68. The van der Waals surface area contributed by atoms with E-state index in [9.17, 15) is 9.59 Å². The second kappa shape index (κ2) is 6.67. The molecule has 0 radical (unpaired) electrons. The Kier molecular flexibility index (Phi) is 4.77. The first-order chi connectivity index (χ1) is 11.4. The fourth-order valence-electron chi connectivity index (χ4n) is 4.46. The van der Waals surface area contributed by atoms with Crippen molar-refractivity contribution < 1.29 is 9.59 Å². The molecule has 2 saturated heterocycles. The molecular weight excluding hydrogens is 300 g/mol. The van der Waals surface area contributed by atoms with E-state index in [1.165, 1.54) is 12.8 Å². The molecule has 0 saturated carbocycles. The minimum absolute atomic E-state index is 0.0167. The summed E-state index contributed by atoms with van der Waals surface area (Å²) in [4.78, 5) is 29.3. The summed E-state index contributed by atoms with van der Waals surface area (Å²) in [5.41, 5.74) is 2.22. The van der Waals surface area contributed by atoms with E-state index in [4.69, 9.17) is 0 Å². The van der Waals surface area contributed by atoms with Crippen LogP contribution in [0.15, 0.2) is 18.2 Å². The van der Waals surface area contributed by atoms with Crippen molar-refractivity contribution in [3.63, 3.8) is 0 Å². The fourth-order valence-corrected chi connectivity index (χ4v) is 4.46. The van der Waals surface area contributed by atoms with E-state index in [1.54, 1.807) is 13.0 Å². The number of Topliss-reactive ketones (excluding diaryl/α,β-unsaturated/α-hetero) is 1. The van der Waals surface area contributed by atoms with E-state index in [2.05, 4.69) is 18.7 Å². The highest BCUT2D eigenvalue weighted by Crippen LogP contribution is 2.32. The maximum atomic E-state index is 13.0. The first kappa shape index (κ1) is 17.2. The van der Waals surface area contributed by atoms with E-state index >= 15 is 0 Å². The standard InChI is InChI=1S/C20H28N2O2/c1-13(2)22-17-7-8-18(22)12-21(10-9-17)20(24)16-6-5-14(3)19(11-16)15(4)23/h5-6,11,13,17-18H,7-10,12H2,1-4H3. The van der Waals surface area contributed by atoms with Gasteiger partial charge in [-0.2, -0.15) is 0 Å². The molecule has 4 nitrogen and oxygen atoms in total. The third kappa shape index (κ3) is 3.12. The van der Waals surface area contributed by atoms with Crippen molar-refractivity contribution in [3.8, 4) is 0 Å². The molecule has 0 aromatic heterocycles. The number of hydrogen-bond acceptors (Lipinski definition) is 3. The molecule has 3 rings (SSSR count). The second-order valence-corrected chi connectivity index (χ2v) is 7.55. The van der Waals surface area contributed by atoms with Gasteiger partial charge in [-0.25, -0.2) is 0 Å². The zero-order valence-corrected chi connectivity index (χ0v) is 15.2. The van der Waals surface area contributed by atoms with Crippen LogP contribution in [-0.4, -0.2) is 52.7 Å². The summed E-state index contributed by atoms with van der Waals surface area (Å²) in [5.74, 6) is 0.0804. The van der Waals surface area contributed by atoms with Crippen molar-refractivity contribution in [2.24, 2.45) is 0 Å². The summed E-state index contributed by atoms with van der Waals surface area (Å²) in [6, 6.07) is 7.12. The van der Waals surface area contributed by atoms with Gasteiger partial charge in [-0.05, 0) is 64.7 Å². The summed E-state index contributed by atoms with van der Waals surface area (Å²) >= 11 is 0. The highest BCUT2D eigenvalue weighted by Gasteiger charge is 2.39. The number of hydrogen-bond donors (Lipinski definition) is 0. The molecule has 1 aromatic carbocycles. The Labute approximate surface area is 144 Å². The third-order valence-corrected chi connectivity index (χ3v) is 5.59. The van der Waals surface area contributed by atoms with Gasteiger partial charge in [-0.15, -0.1) is 0 Å². The molecule has 4 heteroatoms. The summed E-state index contributed by atoms with van der Waals surface area (Å²) in [6.45, 7) is 9.59. The number of nitrogens with zero attached hydrogens (tertiary/aromatic N) is 2. The van der Waals surface area contributed by atoms with Gasteiger partial charge in [0.2, 0.25) is 0 Å². The van der Waals surface area contributed by atoms with E-state index in [0.29, 0.717) is 29.3 Å². The number of likely N-dealkylation sites (tertiary alicyclic amines) is 1. The molecule has 130 valence electrons. The number of carbonyl (C=O) groups excluding carboxylic acids is 2. The molecule has 0 spiro atoms. The summed E-state index contributed by atoms with van der Waals surface area (Å²) in [5, 5.41) is 0.